The van der Waals surface area contributed by atoms with Crippen LogP contribution in [0.15, 0.2) is 12.1 Å². The van der Waals surface area contributed by atoms with Gasteiger partial charge in [-0.05, 0) is 12.1 Å². The fourth-order valence-electron chi connectivity index (χ4n) is 0.535. The number of aromatic nitrogens is 1. The molecular weight excluding hydrogens is 124 g/mol. The van der Waals surface area contributed by atoms with E-state index in [9.17, 15) is 4.39 Å². The Hall–Kier alpha value is -0.805. The van der Waals surface area contributed by atoms with Crippen LogP contribution < -0.4 is 5.59 Å². The summed E-state index contributed by atoms with van der Waals surface area (Å²) in [5.74, 6) is -0.571. The molecule has 0 fully saturated rings. The Morgan fingerprint density at radius 3 is 2.33 bits per heavy atom. The average Bonchev–Trinajstić information content (AvgIpc) is 2.14. The number of H-pyrrole nitrogens is 1. The summed E-state index contributed by atoms with van der Waals surface area (Å²) in [6.45, 7) is 0. The van der Waals surface area contributed by atoms with Gasteiger partial charge in [-0.15, -0.1) is 0 Å². The zero-order chi connectivity index (χ0) is 6.85. The van der Waals surface area contributed by atoms with Crippen molar-refractivity contribution in [1.82, 2.24) is 4.98 Å². The van der Waals surface area contributed by atoms with Gasteiger partial charge in [-0.1, -0.05) is 0 Å². The highest BCUT2D eigenvalue weighted by Gasteiger charge is 2.11. The third-order valence-electron chi connectivity index (χ3n) is 0.951. The third-order valence-corrected chi connectivity index (χ3v) is 0.951. The molecule has 0 aliphatic heterocycles. The lowest BCUT2D eigenvalue weighted by Crippen LogP contribution is -2.30. The number of nitrogens with one attached hydrogen (secondary N) is 1. The highest BCUT2D eigenvalue weighted by atomic mass is 19.1. The number of hydrogen-bond donors (Lipinski definition) is 3. The summed E-state index contributed by atoms with van der Waals surface area (Å²) in [5.41, 5.74) is 0.0625. The lowest BCUT2D eigenvalue weighted by molar-refractivity contribution is 0.423. The quantitative estimate of drug-likeness (QED) is 0.418. The van der Waals surface area contributed by atoms with Crippen molar-refractivity contribution < 1.29 is 14.4 Å². The van der Waals surface area contributed by atoms with Crippen LogP contribution in [0.2, 0.25) is 0 Å². The monoisotopic (exact) mass is 129 g/mol. The molecule has 48 valence electrons. The van der Waals surface area contributed by atoms with E-state index in [1.807, 2.05) is 0 Å². The second-order valence-electron chi connectivity index (χ2n) is 1.64. The molecule has 3 nitrogen and oxygen atoms in total. The van der Waals surface area contributed by atoms with E-state index in [0.717, 1.165) is 6.07 Å². The summed E-state index contributed by atoms with van der Waals surface area (Å²) < 4.78 is 12.0. The van der Waals surface area contributed by atoms with Crippen molar-refractivity contribution in [3.8, 4) is 0 Å². The predicted molar refractivity (Wildman–Crippen MR) is 30.6 cm³/mol. The first-order chi connectivity index (χ1) is 4.20. The average molecular weight is 129 g/mol. The zero-order valence-electron chi connectivity index (χ0n) is 4.50. The molecule has 3 N–H and O–H groups in total. The lowest BCUT2D eigenvalue weighted by atomic mass is 9.87. The Labute approximate surface area is 51.3 Å². The van der Waals surface area contributed by atoms with Gasteiger partial charge < -0.3 is 15.0 Å². The van der Waals surface area contributed by atoms with Crippen LogP contribution in [0.4, 0.5) is 4.39 Å². The molecule has 0 aromatic carbocycles. The molecule has 1 heterocycles. The van der Waals surface area contributed by atoms with Crippen LogP contribution in [0.3, 0.4) is 0 Å². The molecule has 0 aliphatic carbocycles. The van der Waals surface area contributed by atoms with E-state index in [-0.39, 0.29) is 5.59 Å². The van der Waals surface area contributed by atoms with Crippen LogP contribution in [0, 0.1) is 5.95 Å². The summed E-state index contributed by atoms with van der Waals surface area (Å²) >= 11 is 0. The van der Waals surface area contributed by atoms with Gasteiger partial charge in [0.2, 0.25) is 0 Å². The van der Waals surface area contributed by atoms with Gasteiger partial charge in [0.15, 0.2) is 5.95 Å². The number of aromatic amines is 1. The van der Waals surface area contributed by atoms with Crippen molar-refractivity contribution in [2.24, 2.45) is 0 Å². The minimum atomic E-state index is -1.62. The van der Waals surface area contributed by atoms with E-state index in [2.05, 4.69) is 4.98 Å². The van der Waals surface area contributed by atoms with Gasteiger partial charge in [-0.3, -0.25) is 0 Å². The third kappa shape index (κ3) is 1.31. The minimum Gasteiger partial charge on any atom is -0.422 e. The Morgan fingerprint density at radius 2 is 2.11 bits per heavy atom. The van der Waals surface area contributed by atoms with Gasteiger partial charge in [0.05, 0.1) is 0 Å². The molecule has 1 aromatic rings. The van der Waals surface area contributed by atoms with Crippen molar-refractivity contribution in [1.29, 1.82) is 0 Å². The first-order valence-corrected chi connectivity index (χ1v) is 2.40. The molecule has 0 amide bonds. The molecule has 0 radical (unpaired) electrons. The Morgan fingerprint density at radius 1 is 1.44 bits per heavy atom. The first-order valence-electron chi connectivity index (χ1n) is 2.40. The molecule has 5 heteroatoms. The van der Waals surface area contributed by atoms with E-state index in [1.54, 1.807) is 0 Å². The summed E-state index contributed by atoms with van der Waals surface area (Å²) in [5, 5.41) is 16.8. The summed E-state index contributed by atoms with van der Waals surface area (Å²) in [4.78, 5) is 2.11. The van der Waals surface area contributed by atoms with E-state index >= 15 is 0 Å². The van der Waals surface area contributed by atoms with Crippen LogP contribution in [0.5, 0.6) is 0 Å². The molecule has 0 atom stereocenters. The topological polar surface area (TPSA) is 56.2 Å². The largest absolute Gasteiger partial charge is 0.505 e. The maximum absolute atomic E-state index is 12.0. The van der Waals surface area contributed by atoms with E-state index in [0.29, 0.717) is 0 Å². The van der Waals surface area contributed by atoms with Crippen molar-refractivity contribution in [2.45, 2.75) is 0 Å². The van der Waals surface area contributed by atoms with Gasteiger partial charge in [0, 0.05) is 5.59 Å². The lowest BCUT2D eigenvalue weighted by Gasteiger charge is -1.89. The number of hydrogen-bond acceptors (Lipinski definition) is 2. The van der Waals surface area contributed by atoms with Crippen LogP contribution in [0.25, 0.3) is 0 Å². The van der Waals surface area contributed by atoms with E-state index in [1.165, 1.54) is 6.07 Å². The second-order valence-corrected chi connectivity index (χ2v) is 1.64. The molecule has 9 heavy (non-hydrogen) atoms. The highest BCUT2D eigenvalue weighted by molar-refractivity contribution is 6.57. The van der Waals surface area contributed by atoms with Gasteiger partial charge >= 0.3 is 7.12 Å². The summed E-state index contributed by atoms with van der Waals surface area (Å²) in [7, 11) is -1.62. The molecule has 0 saturated heterocycles. The van der Waals surface area contributed by atoms with Crippen molar-refractivity contribution in [2.75, 3.05) is 0 Å². The minimum absolute atomic E-state index is 0.0625. The fraction of sp³-hybridized carbons (Fsp3) is 0. The number of rotatable bonds is 1. The number of halogens is 1. The SMILES string of the molecule is OB(O)c1ccc(F)[nH]1. The van der Waals surface area contributed by atoms with Crippen molar-refractivity contribution in [3.63, 3.8) is 0 Å². The normalized spacial score (nSPS) is 9.67. The smallest absolute Gasteiger partial charge is 0.422 e. The standard InChI is InChI=1S/C4H5BFNO2/c6-4-2-1-3(7-4)5(8)9/h1-2,7-9H. The van der Waals surface area contributed by atoms with Crippen molar-refractivity contribution in [3.05, 3.63) is 18.1 Å². The van der Waals surface area contributed by atoms with Gasteiger partial charge in [0.1, 0.15) is 0 Å². The van der Waals surface area contributed by atoms with Crippen molar-refractivity contribution >= 4 is 12.7 Å². The Balaban J connectivity index is 2.85. The fourth-order valence-corrected chi connectivity index (χ4v) is 0.535. The van der Waals surface area contributed by atoms with E-state index < -0.39 is 13.1 Å². The molecule has 0 bridgehead atoms. The molecule has 1 rings (SSSR count). The molecule has 0 saturated carbocycles. The van der Waals surface area contributed by atoms with Gasteiger partial charge in [-0.2, -0.15) is 4.39 Å². The van der Waals surface area contributed by atoms with E-state index in [4.69, 9.17) is 10.0 Å². The summed E-state index contributed by atoms with van der Waals surface area (Å²) in [6, 6.07) is 2.38. The summed E-state index contributed by atoms with van der Waals surface area (Å²) in [6.07, 6.45) is 0. The predicted octanol–water partition coefficient (Wildman–Crippen LogP) is -1.17. The zero-order valence-corrected chi connectivity index (χ0v) is 4.50. The van der Waals surface area contributed by atoms with Gasteiger partial charge in [-0.25, -0.2) is 0 Å². The molecule has 0 spiro atoms. The van der Waals surface area contributed by atoms with Crippen LogP contribution in [-0.2, 0) is 0 Å². The van der Waals surface area contributed by atoms with Crippen LogP contribution in [-0.4, -0.2) is 22.2 Å². The first kappa shape index (κ1) is 6.32. The molecule has 0 unspecified atom stereocenters. The molecular formula is C4H5BFNO2. The molecule has 0 aliphatic rings. The second kappa shape index (κ2) is 2.20. The maximum atomic E-state index is 12.0. The Kier molecular flexibility index (Phi) is 1.55. The highest BCUT2D eigenvalue weighted by Crippen LogP contribution is 1.87. The van der Waals surface area contributed by atoms with Crippen LogP contribution >= 0.6 is 0 Å². The van der Waals surface area contributed by atoms with Gasteiger partial charge in [0.25, 0.3) is 0 Å². The van der Waals surface area contributed by atoms with Crippen LogP contribution in [0.1, 0.15) is 0 Å². The Bertz CT molecular complexity index is 200. The molecule has 1 aromatic heterocycles. The maximum Gasteiger partial charge on any atom is 0.505 e.